The molecule has 0 heterocycles. The van der Waals surface area contributed by atoms with Crippen LogP contribution in [0.5, 0.6) is 0 Å². The molecule has 0 radical (unpaired) electrons. The van der Waals surface area contributed by atoms with Gasteiger partial charge in [-0.3, -0.25) is 0 Å². The molecule has 0 spiro atoms. The van der Waals surface area contributed by atoms with Gasteiger partial charge in [0.1, 0.15) is 5.82 Å². The van der Waals surface area contributed by atoms with Crippen molar-refractivity contribution in [3.05, 3.63) is 35.1 Å². The lowest BCUT2D eigenvalue weighted by Gasteiger charge is -2.12. The van der Waals surface area contributed by atoms with E-state index in [1.165, 1.54) is 12.1 Å². The van der Waals surface area contributed by atoms with E-state index in [0.29, 0.717) is 13.0 Å². The van der Waals surface area contributed by atoms with E-state index in [1.807, 2.05) is 6.92 Å². The molecule has 78 valence electrons. The summed E-state index contributed by atoms with van der Waals surface area (Å²) in [5, 5.41) is 0. The second-order valence-corrected chi connectivity index (χ2v) is 3.49. The lowest BCUT2D eigenvalue weighted by atomic mass is 10.0. The summed E-state index contributed by atoms with van der Waals surface area (Å²) in [6, 6.07) is 4.69. The Morgan fingerprint density at radius 1 is 1.50 bits per heavy atom. The van der Waals surface area contributed by atoms with Crippen molar-refractivity contribution in [2.24, 2.45) is 5.73 Å². The van der Waals surface area contributed by atoms with E-state index in [2.05, 4.69) is 0 Å². The van der Waals surface area contributed by atoms with Crippen LogP contribution in [0.3, 0.4) is 0 Å². The normalized spacial score (nSPS) is 12.9. The van der Waals surface area contributed by atoms with Crippen molar-refractivity contribution in [2.45, 2.75) is 19.4 Å². The van der Waals surface area contributed by atoms with E-state index in [-0.39, 0.29) is 11.9 Å². The number of benzene rings is 1. The number of hydrogen-bond acceptors (Lipinski definition) is 2. The average molecular weight is 197 g/mol. The van der Waals surface area contributed by atoms with Gasteiger partial charge < -0.3 is 10.5 Å². The fraction of sp³-hybridized carbons (Fsp3) is 0.455. The maximum Gasteiger partial charge on any atom is 0.123 e. The number of hydrogen-bond donors (Lipinski definition) is 1. The fourth-order valence-corrected chi connectivity index (χ4v) is 1.42. The molecule has 3 heteroatoms. The summed E-state index contributed by atoms with van der Waals surface area (Å²) in [7, 11) is 1.61. The molecular weight excluding hydrogens is 181 g/mol. The number of aryl methyl sites for hydroxylation is 1. The standard InChI is InChI=1S/C11H16FNO/c1-8-3-4-10(12)5-9(8)6-11(13)7-14-2/h3-5,11H,6-7,13H2,1-2H3. The number of nitrogens with two attached hydrogens (primary N) is 1. The van der Waals surface area contributed by atoms with Gasteiger partial charge in [-0.1, -0.05) is 6.07 Å². The van der Waals surface area contributed by atoms with E-state index in [0.717, 1.165) is 11.1 Å². The Morgan fingerprint density at radius 3 is 2.86 bits per heavy atom. The predicted octanol–water partition coefficient (Wildman–Crippen LogP) is 1.65. The maximum absolute atomic E-state index is 12.9. The van der Waals surface area contributed by atoms with Crippen LogP contribution in [0.2, 0.25) is 0 Å². The van der Waals surface area contributed by atoms with Gasteiger partial charge >= 0.3 is 0 Å². The van der Waals surface area contributed by atoms with Crippen molar-refractivity contribution in [1.29, 1.82) is 0 Å². The van der Waals surface area contributed by atoms with Gasteiger partial charge in [-0.2, -0.15) is 0 Å². The molecule has 0 aromatic heterocycles. The first-order valence-electron chi connectivity index (χ1n) is 4.63. The van der Waals surface area contributed by atoms with Crippen molar-refractivity contribution in [3.8, 4) is 0 Å². The Labute approximate surface area is 83.9 Å². The van der Waals surface area contributed by atoms with Crippen LogP contribution in [-0.4, -0.2) is 19.8 Å². The SMILES string of the molecule is COCC(N)Cc1cc(F)ccc1C. The predicted molar refractivity (Wildman–Crippen MR) is 54.7 cm³/mol. The van der Waals surface area contributed by atoms with E-state index < -0.39 is 0 Å². The van der Waals surface area contributed by atoms with Crippen LogP contribution in [0.25, 0.3) is 0 Å². The summed E-state index contributed by atoms with van der Waals surface area (Å²) < 4.78 is 17.8. The minimum absolute atomic E-state index is 0.0690. The molecule has 1 aromatic carbocycles. The zero-order chi connectivity index (χ0) is 10.6. The third-order valence-corrected chi connectivity index (χ3v) is 2.17. The van der Waals surface area contributed by atoms with Crippen LogP contribution >= 0.6 is 0 Å². The smallest absolute Gasteiger partial charge is 0.123 e. The lowest BCUT2D eigenvalue weighted by molar-refractivity contribution is 0.180. The third kappa shape index (κ3) is 3.09. The second-order valence-electron chi connectivity index (χ2n) is 3.49. The van der Waals surface area contributed by atoms with Crippen LogP contribution in [0.1, 0.15) is 11.1 Å². The molecular formula is C11H16FNO. The van der Waals surface area contributed by atoms with E-state index in [4.69, 9.17) is 10.5 Å². The molecule has 1 aromatic rings. The Hall–Kier alpha value is -0.930. The molecule has 0 amide bonds. The van der Waals surface area contributed by atoms with Gasteiger partial charge in [0.15, 0.2) is 0 Å². The molecule has 1 rings (SSSR count). The molecule has 0 saturated heterocycles. The fourth-order valence-electron chi connectivity index (χ4n) is 1.42. The van der Waals surface area contributed by atoms with Crippen molar-refractivity contribution < 1.29 is 9.13 Å². The highest BCUT2D eigenvalue weighted by Gasteiger charge is 2.06. The van der Waals surface area contributed by atoms with Crippen LogP contribution in [0.15, 0.2) is 18.2 Å². The van der Waals surface area contributed by atoms with Crippen LogP contribution in [0.4, 0.5) is 4.39 Å². The summed E-state index contributed by atoms with van der Waals surface area (Å²) in [5.74, 6) is -0.213. The molecule has 0 bridgehead atoms. The Balaban J connectivity index is 2.70. The first-order chi connectivity index (χ1) is 6.63. The molecule has 14 heavy (non-hydrogen) atoms. The quantitative estimate of drug-likeness (QED) is 0.796. The third-order valence-electron chi connectivity index (χ3n) is 2.17. The van der Waals surface area contributed by atoms with E-state index in [1.54, 1.807) is 13.2 Å². The summed E-state index contributed by atoms with van der Waals surface area (Å²) in [6.45, 7) is 2.45. The first-order valence-corrected chi connectivity index (χ1v) is 4.63. The summed E-state index contributed by atoms with van der Waals surface area (Å²) in [4.78, 5) is 0. The molecule has 2 N–H and O–H groups in total. The Bertz CT molecular complexity index is 301. The minimum atomic E-state index is -0.213. The molecule has 1 atom stereocenters. The highest BCUT2D eigenvalue weighted by atomic mass is 19.1. The monoisotopic (exact) mass is 197 g/mol. The Morgan fingerprint density at radius 2 is 2.21 bits per heavy atom. The van der Waals surface area contributed by atoms with Gasteiger partial charge in [0, 0.05) is 13.2 Å². The van der Waals surface area contributed by atoms with E-state index >= 15 is 0 Å². The van der Waals surface area contributed by atoms with Gasteiger partial charge in [-0.15, -0.1) is 0 Å². The van der Waals surface area contributed by atoms with Crippen molar-refractivity contribution in [3.63, 3.8) is 0 Å². The van der Waals surface area contributed by atoms with Crippen LogP contribution < -0.4 is 5.73 Å². The van der Waals surface area contributed by atoms with Crippen molar-refractivity contribution in [2.75, 3.05) is 13.7 Å². The average Bonchev–Trinajstić information content (AvgIpc) is 2.12. The van der Waals surface area contributed by atoms with Crippen LogP contribution in [0, 0.1) is 12.7 Å². The van der Waals surface area contributed by atoms with Gasteiger partial charge in [0.05, 0.1) is 6.61 Å². The molecule has 0 fully saturated rings. The zero-order valence-corrected chi connectivity index (χ0v) is 8.59. The molecule has 0 saturated carbocycles. The van der Waals surface area contributed by atoms with Crippen LogP contribution in [-0.2, 0) is 11.2 Å². The molecule has 0 aliphatic heterocycles. The largest absolute Gasteiger partial charge is 0.383 e. The summed E-state index contributed by atoms with van der Waals surface area (Å²) in [6.07, 6.45) is 0.650. The highest BCUT2D eigenvalue weighted by molar-refractivity contribution is 5.27. The van der Waals surface area contributed by atoms with Gasteiger partial charge in [-0.25, -0.2) is 4.39 Å². The first kappa shape index (κ1) is 11.1. The molecule has 1 unspecified atom stereocenters. The Kier molecular flexibility index (Phi) is 4.04. The minimum Gasteiger partial charge on any atom is -0.383 e. The van der Waals surface area contributed by atoms with Crippen molar-refractivity contribution in [1.82, 2.24) is 0 Å². The topological polar surface area (TPSA) is 35.2 Å². The summed E-state index contributed by atoms with van der Waals surface area (Å²) in [5.41, 5.74) is 7.81. The molecule has 0 aliphatic rings. The van der Waals surface area contributed by atoms with Gasteiger partial charge in [0.25, 0.3) is 0 Å². The number of halogens is 1. The molecule has 0 aliphatic carbocycles. The number of ether oxygens (including phenoxy) is 1. The number of rotatable bonds is 4. The zero-order valence-electron chi connectivity index (χ0n) is 8.59. The highest BCUT2D eigenvalue weighted by Crippen LogP contribution is 2.11. The molecule has 2 nitrogen and oxygen atoms in total. The van der Waals surface area contributed by atoms with Crippen molar-refractivity contribution >= 4 is 0 Å². The maximum atomic E-state index is 12.9. The van der Waals surface area contributed by atoms with Gasteiger partial charge in [0.2, 0.25) is 0 Å². The van der Waals surface area contributed by atoms with Gasteiger partial charge in [-0.05, 0) is 36.6 Å². The number of methoxy groups -OCH3 is 1. The summed E-state index contributed by atoms with van der Waals surface area (Å²) >= 11 is 0. The lowest BCUT2D eigenvalue weighted by Crippen LogP contribution is -2.28. The van der Waals surface area contributed by atoms with E-state index in [9.17, 15) is 4.39 Å². The second kappa shape index (κ2) is 5.08.